The number of halogens is 7. The molecule has 0 radical (unpaired) electrons. The van der Waals surface area contributed by atoms with Crippen molar-refractivity contribution in [3.05, 3.63) is 82.6 Å². The third-order valence-corrected chi connectivity index (χ3v) is 6.77. The molecule has 8 nitrogen and oxygen atoms in total. The summed E-state index contributed by atoms with van der Waals surface area (Å²) < 4.78 is 100. The summed E-state index contributed by atoms with van der Waals surface area (Å²) in [6.45, 7) is 1.43. The first kappa shape index (κ1) is 27.9. The van der Waals surface area contributed by atoms with E-state index in [1.165, 1.54) is 29.4 Å². The maximum Gasteiger partial charge on any atom is 0.417 e. The minimum absolute atomic E-state index is 0.0211. The number of hydrogen-bond acceptors (Lipinski definition) is 6. The standard InChI is InChI=1S/C26H19F7N6O2/c1-2-24(23(34)40,39-12-20-19(11-35-39)36-22(37-20)15-5-3-4-6-17(15)27)21-10-18(38-41-21)14-8-7-13(25(28,29)30)9-16(14)26(31,32)33/h3-11H,2,12H2,1H3,(H2,34,40)(H,36,37). The number of amides is 1. The summed E-state index contributed by atoms with van der Waals surface area (Å²) in [5, 5.41) is 9.12. The average molecular weight is 580 g/mol. The van der Waals surface area contributed by atoms with E-state index in [0.717, 1.165) is 6.07 Å². The predicted molar refractivity (Wildman–Crippen MR) is 130 cm³/mol. The van der Waals surface area contributed by atoms with E-state index in [-0.39, 0.29) is 36.2 Å². The number of nitrogens with zero attached hydrogens (tertiary/aromatic N) is 4. The van der Waals surface area contributed by atoms with Crippen LogP contribution in [0.2, 0.25) is 0 Å². The van der Waals surface area contributed by atoms with Gasteiger partial charge in [-0.2, -0.15) is 31.4 Å². The number of alkyl halides is 6. The number of carbonyl (C=O) groups excluding carboxylic acids is 1. The van der Waals surface area contributed by atoms with Crippen molar-refractivity contribution in [1.29, 1.82) is 0 Å². The molecule has 2 aromatic carbocycles. The number of carbonyl (C=O) groups is 1. The summed E-state index contributed by atoms with van der Waals surface area (Å²) in [6.07, 6.45) is -8.97. The molecule has 0 aliphatic carbocycles. The zero-order valence-electron chi connectivity index (χ0n) is 20.9. The number of fused-ring (bicyclic) bond motifs is 1. The lowest BCUT2D eigenvalue weighted by molar-refractivity contribution is -0.142. The van der Waals surface area contributed by atoms with Gasteiger partial charge in [0.15, 0.2) is 11.3 Å². The first-order valence-corrected chi connectivity index (χ1v) is 12.0. The smallest absolute Gasteiger partial charge is 0.367 e. The molecule has 0 saturated heterocycles. The van der Waals surface area contributed by atoms with Crippen LogP contribution in [0.4, 0.5) is 30.7 Å². The Hall–Kier alpha value is -4.69. The van der Waals surface area contributed by atoms with Crippen molar-refractivity contribution in [1.82, 2.24) is 20.1 Å². The number of H-pyrrole nitrogens is 1. The van der Waals surface area contributed by atoms with Crippen molar-refractivity contribution in [2.75, 3.05) is 0 Å². The highest BCUT2D eigenvalue weighted by Gasteiger charge is 2.48. The minimum Gasteiger partial charge on any atom is -0.367 e. The molecule has 2 aromatic heterocycles. The summed E-state index contributed by atoms with van der Waals surface area (Å²) in [5.74, 6) is -1.60. The average Bonchev–Trinajstić information content (AvgIpc) is 3.56. The van der Waals surface area contributed by atoms with Gasteiger partial charge in [-0.15, -0.1) is 0 Å². The molecule has 1 atom stereocenters. The predicted octanol–water partition coefficient (Wildman–Crippen LogP) is 5.85. The number of nitrogens with one attached hydrogen (secondary N) is 1. The van der Waals surface area contributed by atoms with Crippen LogP contribution in [0.1, 0.15) is 41.6 Å². The lowest BCUT2D eigenvalue weighted by atomic mass is 9.89. The van der Waals surface area contributed by atoms with Crippen molar-refractivity contribution >= 4 is 12.1 Å². The Kier molecular flexibility index (Phi) is 6.62. The molecule has 3 heterocycles. The van der Waals surface area contributed by atoms with Crippen LogP contribution in [0.15, 0.2) is 58.2 Å². The van der Waals surface area contributed by atoms with Crippen LogP contribution < -0.4 is 5.73 Å². The number of benzene rings is 2. The van der Waals surface area contributed by atoms with E-state index in [0.29, 0.717) is 23.5 Å². The van der Waals surface area contributed by atoms with Gasteiger partial charge < -0.3 is 15.2 Å². The summed E-state index contributed by atoms with van der Waals surface area (Å²) in [7, 11) is 0. The van der Waals surface area contributed by atoms with Crippen LogP contribution in [0, 0.1) is 5.82 Å². The number of primary amides is 1. The zero-order valence-corrected chi connectivity index (χ0v) is 20.9. The molecule has 0 fully saturated rings. The van der Waals surface area contributed by atoms with Crippen LogP contribution in [0.5, 0.6) is 0 Å². The normalized spacial score (nSPS) is 15.1. The van der Waals surface area contributed by atoms with Gasteiger partial charge in [-0.25, -0.2) is 9.37 Å². The molecule has 0 bridgehead atoms. The summed E-state index contributed by atoms with van der Waals surface area (Å²) >= 11 is 0. The SMILES string of the molecule is CCC(C(N)=O)(c1cc(-c2ccc(C(F)(F)F)cc2C(F)(F)F)no1)N1Cc2[nH]c(-c3ccccc3F)nc2C=N1. The monoisotopic (exact) mass is 580 g/mol. The Balaban J connectivity index is 1.54. The first-order chi connectivity index (χ1) is 19.3. The fourth-order valence-electron chi connectivity index (χ4n) is 4.66. The first-order valence-electron chi connectivity index (χ1n) is 12.0. The zero-order chi connectivity index (χ0) is 29.7. The van der Waals surface area contributed by atoms with Crippen molar-refractivity contribution in [3.8, 4) is 22.6 Å². The second-order valence-electron chi connectivity index (χ2n) is 9.14. The quantitative estimate of drug-likeness (QED) is 0.278. The maximum atomic E-state index is 14.3. The van der Waals surface area contributed by atoms with Crippen molar-refractivity contribution in [3.63, 3.8) is 0 Å². The molecule has 0 spiro atoms. The van der Waals surface area contributed by atoms with Gasteiger partial charge in [-0.05, 0) is 30.7 Å². The number of hydrogen-bond donors (Lipinski definition) is 2. The Morgan fingerprint density at radius 1 is 1.05 bits per heavy atom. The molecule has 0 saturated carbocycles. The van der Waals surface area contributed by atoms with Crippen LogP contribution >= 0.6 is 0 Å². The van der Waals surface area contributed by atoms with Crippen molar-refractivity contribution in [2.24, 2.45) is 10.8 Å². The molecule has 41 heavy (non-hydrogen) atoms. The highest BCUT2D eigenvalue weighted by Crippen LogP contribution is 2.43. The molecular formula is C26H19F7N6O2. The van der Waals surface area contributed by atoms with E-state index < -0.39 is 52.0 Å². The van der Waals surface area contributed by atoms with Crippen LogP contribution in [0.25, 0.3) is 22.6 Å². The lowest BCUT2D eigenvalue weighted by Gasteiger charge is -2.37. The van der Waals surface area contributed by atoms with Gasteiger partial charge in [0.05, 0.1) is 35.1 Å². The summed E-state index contributed by atoms with van der Waals surface area (Å²) in [4.78, 5) is 20.2. The molecule has 1 aliphatic heterocycles. The number of aromatic amines is 1. The number of hydrazone groups is 1. The fraction of sp³-hybridized carbons (Fsp3) is 0.231. The molecule has 4 aromatic rings. The molecule has 1 amide bonds. The molecule has 1 unspecified atom stereocenters. The molecule has 3 N–H and O–H groups in total. The van der Waals surface area contributed by atoms with E-state index in [9.17, 15) is 35.5 Å². The van der Waals surface area contributed by atoms with Crippen LogP contribution in [-0.2, 0) is 29.2 Å². The van der Waals surface area contributed by atoms with Gasteiger partial charge in [-0.3, -0.25) is 9.80 Å². The molecule has 1 aliphatic rings. The van der Waals surface area contributed by atoms with Crippen molar-refractivity contribution in [2.45, 2.75) is 37.8 Å². The van der Waals surface area contributed by atoms with E-state index in [1.54, 1.807) is 13.0 Å². The Labute approximate surface area is 226 Å². The second-order valence-corrected chi connectivity index (χ2v) is 9.14. The molecule has 5 rings (SSSR count). The Morgan fingerprint density at radius 3 is 2.41 bits per heavy atom. The molecular weight excluding hydrogens is 561 g/mol. The third kappa shape index (κ3) is 4.80. The molecule has 214 valence electrons. The van der Waals surface area contributed by atoms with E-state index >= 15 is 0 Å². The van der Waals surface area contributed by atoms with Gasteiger partial charge in [-0.1, -0.05) is 30.3 Å². The van der Waals surface area contributed by atoms with E-state index in [1.807, 2.05) is 0 Å². The Morgan fingerprint density at radius 2 is 1.78 bits per heavy atom. The van der Waals surface area contributed by atoms with Crippen molar-refractivity contribution < 1.29 is 40.1 Å². The van der Waals surface area contributed by atoms with Gasteiger partial charge in [0.2, 0.25) is 0 Å². The van der Waals surface area contributed by atoms with Gasteiger partial charge in [0.1, 0.15) is 23.0 Å². The van der Waals surface area contributed by atoms with Gasteiger partial charge >= 0.3 is 12.4 Å². The summed E-state index contributed by atoms with van der Waals surface area (Å²) in [5.41, 5.74) is 0.633. The second kappa shape index (κ2) is 9.74. The number of imidazole rings is 1. The largest absolute Gasteiger partial charge is 0.417 e. The fourth-order valence-corrected chi connectivity index (χ4v) is 4.66. The topological polar surface area (TPSA) is 113 Å². The number of nitrogens with two attached hydrogens (primary N) is 1. The lowest BCUT2D eigenvalue weighted by Crippen LogP contribution is -2.52. The maximum absolute atomic E-state index is 14.3. The van der Waals surface area contributed by atoms with Crippen LogP contribution in [0.3, 0.4) is 0 Å². The highest BCUT2D eigenvalue weighted by atomic mass is 19.4. The number of rotatable bonds is 6. The highest BCUT2D eigenvalue weighted by molar-refractivity contribution is 5.87. The number of aromatic nitrogens is 3. The minimum atomic E-state index is -5.16. The third-order valence-electron chi connectivity index (χ3n) is 6.77. The molecule has 15 heteroatoms. The van der Waals surface area contributed by atoms with Crippen LogP contribution in [-0.4, -0.2) is 32.3 Å². The van der Waals surface area contributed by atoms with Gasteiger partial charge in [0, 0.05) is 11.6 Å². The van der Waals surface area contributed by atoms with Gasteiger partial charge in [0.25, 0.3) is 5.91 Å². The Bertz CT molecular complexity index is 1660. The van der Waals surface area contributed by atoms with E-state index in [2.05, 4.69) is 20.2 Å². The van der Waals surface area contributed by atoms with E-state index in [4.69, 9.17) is 10.3 Å². The summed E-state index contributed by atoms with van der Waals surface area (Å²) in [6, 6.07) is 8.02.